The van der Waals surface area contributed by atoms with Crippen molar-refractivity contribution >= 4 is 35.0 Å². The van der Waals surface area contributed by atoms with Crippen LogP contribution in [0.3, 0.4) is 0 Å². The van der Waals surface area contributed by atoms with Crippen molar-refractivity contribution in [2.75, 3.05) is 11.4 Å². The molecule has 8 heteroatoms. The van der Waals surface area contributed by atoms with Crippen molar-refractivity contribution in [1.29, 1.82) is 0 Å². The fourth-order valence-corrected chi connectivity index (χ4v) is 3.62. The monoisotopic (exact) mass is 434 g/mol. The molecule has 6 nitrogen and oxygen atoms in total. The van der Waals surface area contributed by atoms with Gasteiger partial charge in [-0.15, -0.1) is 0 Å². The molecule has 1 heterocycles. The van der Waals surface area contributed by atoms with Gasteiger partial charge < -0.3 is 14.7 Å². The molecular formula is C22H24ClFN2O4. The SMILES string of the molecule is CC(C)(C)OC(=O)N1CCCC1N(c1ccc(C(=O)O)cc1)c1ccc(F)c(Cl)c1. The van der Waals surface area contributed by atoms with Gasteiger partial charge in [-0.2, -0.15) is 0 Å². The van der Waals surface area contributed by atoms with Crippen LogP contribution in [0.5, 0.6) is 0 Å². The summed E-state index contributed by atoms with van der Waals surface area (Å²) in [4.78, 5) is 27.5. The maximum absolute atomic E-state index is 13.8. The van der Waals surface area contributed by atoms with Crippen molar-refractivity contribution in [2.45, 2.75) is 45.4 Å². The summed E-state index contributed by atoms with van der Waals surface area (Å²) in [5.41, 5.74) is 0.747. The van der Waals surface area contributed by atoms with Crippen LogP contribution >= 0.6 is 11.6 Å². The largest absolute Gasteiger partial charge is 0.478 e. The second-order valence-corrected chi connectivity index (χ2v) is 8.52. The van der Waals surface area contributed by atoms with Gasteiger partial charge >= 0.3 is 12.1 Å². The van der Waals surface area contributed by atoms with E-state index in [1.165, 1.54) is 24.3 Å². The van der Waals surface area contributed by atoms with Crippen LogP contribution in [0, 0.1) is 5.82 Å². The number of hydrogen-bond acceptors (Lipinski definition) is 4. The molecule has 0 saturated carbocycles. The molecule has 1 amide bonds. The van der Waals surface area contributed by atoms with Gasteiger partial charge in [0, 0.05) is 17.9 Å². The minimum Gasteiger partial charge on any atom is -0.478 e. The van der Waals surface area contributed by atoms with Crippen molar-refractivity contribution in [1.82, 2.24) is 4.90 Å². The molecule has 1 aliphatic heterocycles. The van der Waals surface area contributed by atoms with Crippen LogP contribution in [0.2, 0.25) is 5.02 Å². The van der Waals surface area contributed by atoms with Gasteiger partial charge in [0.2, 0.25) is 0 Å². The lowest BCUT2D eigenvalue weighted by atomic mass is 10.1. The van der Waals surface area contributed by atoms with Crippen LogP contribution in [-0.4, -0.2) is 40.4 Å². The quantitative estimate of drug-likeness (QED) is 0.671. The molecule has 1 atom stereocenters. The summed E-state index contributed by atoms with van der Waals surface area (Å²) in [5, 5.41) is 9.15. The number of carbonyl (C=O) groups excluding carboxylic acids is 1. The average molecular weight is 435 g/mol. The molecule has 1 N–H and O–H groups in total. The molecule has 2 aromatic rings. The van der Waals surface area contributed by atoms with Gasteiger partial charge in [0.15, 0.2) is 0 Å². The molecule has 1 fully saturated rings. The summed E-state index contributed by atoms with van der Waals surface area (Å²) in [5.74, 6) is -1.58. The van der Waals surface area contributed by atoms with Crippen molar-refractivity contribution in [3.8, 4) is 0 Å². The molecule has 3 rings (SSSR count). The topological polar surface area (TPSA) is 70.1 Å². The first-order valence-corrected chi connectivity index (χ1v) is 10.0. The summed E-state index contributed by atoms with van der Waals surface area (Å²) in [6, 6.07) is 10.6. The van der Waals surface area contributed by atoms with E-state index in [1.54, 1.807) is 43.9 Å². The maximum Gasteiger partial charge on any atom is 0.411 e. The zero-order valence-corrected chi connectivity index (χ0v) is 17.8. The van der Waals surface area contributed by atoms with E-state index in [-0.39, 0.29) is 10.6 Å². The zero-order valence-electron chi connectivity index (χ0n) is 17.1. The Bertz CT molecular complexity index is 943. The lowest BCUT2D eigenvalue weighted by Gasteiger charge is -2.37. The minimum absolute atomic E-state index is 0.0403. The van der Waals surface area contributed by atoms with Crippen LogP contribution in [0.25, 0.3) is 0 Å². The van der Waals surface area contributed by atoms with E-state index in [0.717, 1.165) is 6.42 Å². The highest BCUT2D eigenvalue weighted by Gasteiger charge is 2.37. The van der Waals surface area contributed by atoms with Crippen LogP contribution in [-0.2, 0) is 4.74 Å². The number of hydrogen-bond donors (Lipinski definition) is 1. The van der Waals surface area contributed by atoms with E-state index < -0.39 is 29.6 Å². The van der Waals surface area contributed by atoms with Gasteiger partial charge in [-0.05, 0) is 76.1 Å². The Balaban J connectivity index is 2.03. The van der Waals surface area contributed by atoms with Crippen LogP contribution in [0.1, 0.15) is 44.0 Å². The van der Waals surface area contributed by atoms with Crippen molar-refractivity contribution in [3.05, 3.63) is 58.9 Å². The Morgan fingerprint density at radius 3 is 2.37 bits per heavy atom. The first-order chi connectivity index (χ1) is 14.1. The van der Waals surface area contributed by atoms with Gasteiger partial charge in [-0.3, -0.25) is 4.90 Å². The highest BCUT2D eigenvalue weighted by molar-refractivity contribution is 6.31. The number of benzene rings is 2. The first-order valence-electron chi connectivity index (χ1n) is 9.64. The number of halogens is 2. The molecule has 1 aliphatic rings. The summed E-state index contributed by atoms with van der Waals surface area (Å²) in [6.45, 7) is 5.92. The molecule has 1 unspecified atom stereocenters. The van der Waals surface area contributed by atoms with E-state index in [2.05, 4.69) is 0 Å². The van der Waals surface area contributed by atoms with Crippen molar-refractivity contribution in [2.24, 2.45) is 0 Å². The number of ether oxygens (including phenoxy) is 1. The van der Waals surface area contributed by atoms with Crippen LogP contribution < -0.4 is 4.90 Å². The molecule has 0 radical (unpaired) electrons. The Labute approximate surface area is 179 Å². The Morgan fingerprint density at radius 2 is 1.80 bits per heavy atom. The number of anilines is 2. The van der Waals surface area contributed by atoms with Crippen molar-refractivity contribution < 1.29 is 23.8 Å². The predicted octanol–water partition coefficient (Wildman–Crippen LogP) is 5.67. The van der Waals surface area contributed by atoms with Gasteiger partial charge in [-0.25, -0.2) is 14.0 Å². The highest BCUT2D eigenvalue weighted by atomic mass is 35.5. The standard InChI is InChI=1S/C22H24ClFN2O4/c1-22(2,3)30-21(29)25-12-4-5-19(25)26(16-10-11-18(24)17(23)13-16)15-8-6-14(7-9-15)20(27)28/h6-11,13,19H,4-5,12H2,1-3H3,(H,27,28). The van der Waals surface area contributed by atoms with E-state index in [1.807, 2.05) is 4.90 Å². The van der Waals surface area contributed by atoms with Crippen LogP contribution in [0.4, 0.5) is 20.6 Å². The lowest BCUT2D eigenvalue weighted by Crippen LogP contribution is -2.47. The number of amides is 1. The normalized spacial score (nSPS) is 16.4. The molecule has 0 bridgehead atoms. The zero-order chi connectivity index (χ0) is 22.1. The molecule has 2 aromatic carbocycles. The first kappa shape index (κ1) is 21.9. The number of carboxylic acids is 1. The maximum atomic E-state index is 13.8. The lowest BCUT2D eigenvalue weighted by molar-refractivity contribution is 0.0230. The number of carboxylic acid groups (broad SMARTS) is 1. The average Bonchev–Trinajstić information content (AvgIpc) is 3.13. The Kier molecular flexibility index (Phi) is 6.22. The third-order valence-corrected chi connectivity index (χ3v) is 5.01. The number of rotatable bonds is 4. The number of carbonyl (C=O) groups is 2. The molecular weight excluding hydrogens is 411 g/mol. The minimum atomic E-state index is -1.03. The Morgan fingerprint density at radius 1 is 1.17 bits per heavy atom. The molecule has 0 aromatic heterocycles. The number of aromatic carboxylic acids is 1. The van der Waals surface area contributed by atoms with E-state index >= 15 is 0 Å². The number of nitrogens with zero attached hydrogens (tertiary/aromatic N) is 2. The molecule has 0 aliphatic carbocycles. The smallest absolute Gasteiger partial charge is 0.411 e. The molecule has 1 saturated heterocycles. The summed E-state index contributed by atoms with van der Waals surface area (Å²) in [7, 11) is 0. The van der Waals surface area contributed by atoms with Gasteiger partial charge in [0.05, 0.1) is 10.6 Å². The molecule has 160 valence electrons. The van der Waals surface area contributed by atoms with E-state index in [4.69, 9.17) is 16.3 Å². The summed E-state index contributed by atoms with van der Waals surface area (Å²) < 4.78 is 19.3. The van der Waals surface area contributed by atoms with Gasteiger partial charge in [0.1, 0.15) is 17.6 Å². The second-order valence-electron chi connectivity index (χ2n) is 8.12. The Hall–Kier alpha value is -2.80. The highest BCUT2D eigenvalue weighted by Crippen LogP contribution is 2.36. The van der Waals surface area contributed by atoms with Crippen molar-refractivity contribution in [3.63, 3.8) is 0 Å². The van der Waals surface area contributed by atoms with Gasteiger partial charge in [-0.1, -0.05) is 11.6 Å². The third kappa shape index (κ3) is 4.84. The summed E-state index contributed by atoms with van der Waals surface area (Å²) in [6.07, 6.45) is 0.597. The van der Waals surface area contributed by atoms with E-state index in [9.17, 15) is 19.1 Å². The van der Waals surface area contributed by atoms with Crippen LogP contribution in [0.15, 0.2) is 42.5 Å². The third-order valence-electron chi connectivity index (χ3n) is 4.72. The fraction of sp³-hybridized carbons (Fsp3) is 0.364. The molecule has 30 heavy (non-hydrogen) atoms. The van der Waals surface area contributed by atoms with Gasteiger partial charge in [0.25, 0.3) is 0 Å². The summed E-state index contributed by atoms with van der Waals surface area (Å²) >= 11 is 6.02. The van der Waals surface area contributed by atoms with E-state index in [0.29, 0.717) is 24.3 Å². The molecule has 0 spiro atoms. The number of likely N-dealkylation sites (tertiary alicyclic amines) is 1. The predicted molar refractivity (Wildman–Crippen MR) is 113 cm³/mol. The fourth-order valence-electron chi connectivity index (χ4n) is 3.44. The second kappa shape index (κ2) is 8.52.